The fraction of sp³-hybridized carbons (Fsp3) is 0.111. The van der Waals surface area contributed by atoms with Gasteiger partial charge in [-0.15, -0.1) is 0 Å². The Kier molecular flexibility index (Phi) is 4.97. The number of rotatable bonds is 5. The van der Waals surface area contributed by atoms with Gasteiger partial charge < -0.3 is 11.1 Å². The molecule has 0 saturated carbocycles. The summed E-state index contributed by atoms with van der Waals surface area (Å²) in [6.07, 6.45) is 0.943. The summed E-state index contributed by atoms with van der Waals surface area (Å²) in [7, 11) is 0. The average Bonchev–Trinajstić information content (AvgIpc) is 2.96. The van der Waals surface area contributed by atoms with Crippen molar-refractivity contribution in [3.8, 4) is 0 Å². The highest BCUT2D eigenvalue weighted by molar-refractivity contribution is 9.10. The number of hydrogen-bond acceptors (Lipinski definition) is 5. The maximum atomic E-state index is 12.6. The molecule has 0 aliphatic rings. The van der Waals surface area contributed by atoms with E-state index in [1.807, 2.05) is 48.5 Å². The molecule has 3 aromatic rings. The number of nitrogens with zero attached hydrogens (tertiary/aromatic N) is 1. The molecule has 0 aliphatic heterocycles. The standard InChI is InChI=1S/C18H16BrN3OS/c1-2-11-3-5-12(6-4-11)15(23)16-17(20)22-18(24-16)21-14-9-7-13(19)8-10-14/h3-10H,2,20H2,1H3,(H,21,22). The summed E-state index contributed by atoms with van der Waals surface area (Å²) in [5, 5.41) is 3.77. The minimum Gasteiger partial charge on any atom is -0.382 e. The van der Waals surface area contributed by atoms with Crippen LogP contribution in [0.5, 0.6) is 0 Å². The molecule has 3 N–H and O–H groups in total. The molecule has 0 saturated heterocycles. The van der Waals surface area contributed by atoms with Crippen LogP contribution in [0.15, 0.2) is 53.0 Å². The van der Waals surface area contributed by atoms with Crippen molar-refractivity contribution in [2.24, 2.45) is 0 Å². The van der Waals surface area contributed by atoms with Crippen molar-refractivity contribution in [2.45, 2.75) is 13.3 Å². The lowest BCUT2D eigenvalue weighted by Crippen LogP contribution is -2.02. The quantitative estimate of drug-likeness (QED) is 0.588. The van der Waals surface area contributed by atoms with Gasteiger partial charge in [-0.05, 0) is 36.2 Å². The largest absolute Gasteiger partial charge is 0.382 e. The molecule has 0 amide bonds. The zero-order valence-corrected chi connectivity index (χ0v) is 15.4. The van der Waals surface area contributed by atoms with E-state index in [4.69, 9.17) is 5.73 Å². The van der Waals surface area contributed by atoms with Crippen LogP contribution in [-0.4, -0.2) is 10.8 Å². The lowest BCUT2D eigenvalue weighted by Gasteiger charge is -2.02. The Labute approximate surface area is 152 Å². The SMILES string of the molecule is CCc1ccc(C(=O)c2sc(Nc3ccc(Br)cc3)nc2N)cc1. The zero-order chi connectivity index (χ0) is 17.1. The second kappa shape index (κ2) is 7.15. The first-order valence-corrected chi connectivity index (χ1v) is 9.10. The molecular weight excluding hydrogens is 386 g/mol. The number of halogens is 1. The van der Waals surface area contributed by atoms with E-state index in [0.29, 0.717) is 15.6 Å². The predicted molar refractivity (Wildman–Crippen MR) is 103 cm³/mol. The van der Waals surface area contributed by atoms with Gasteiger partial charge >= 0.3 is 0 Å². The van der Waals surface area contributed by atoms with E-state index < -0.39 is 0 Å². The van der Waals surface area contributed by atoms with Crippen molar-refractivity contribution in [3.05, 3.63) is 69.0 Å². The molecule has 0 aliphatic carbocycles. The molecule has 0 unspecified atom stereocenters. The van der Waals surface area contributed by atoms with Crippen molar-refractivity contribution in [1.82, 2.24) is 4.98 Å². The maximum Gasteiger partial charge on any atom is 0.206 e. The molecule has 2 aromatic carbocycles. The van der Waals surface area contributed by atoms with E-state index in [0.717, 1.165) is 16.6 Å². The fourth-order valence-corrected chi connectivity index (χ4v) is 3.36. The number of hydrogen-bond donors (Lipinski definition) is 2. The third kappa shape index (κ3) is 3.66. The monoisotopic (exact) mass is 401 g/mol. The van der Waals surface area contributed by atoms with Crippen LogP contribution < -0.4 is 11.1 Å². The number of ketones is 1. The summed E-state index contributed by atoms with van der Waals surface area (Å²) < 4.78 is 0.998. The van der Waals surface area contributed by atoms with E-state index in [2.05, 4.69) is 33.2 Å². The van der Waals surface area contributed by atoms with Crippen LogP contribution in [-0.2, 0) is 6.42 Å². The summed E-state index contributed by atoms with van der Waals surface area (Å²) >= 11 is 4.66. The highest BCUT2D eigenvalue weighted by Gasteiger charge is 2.18. The summed E-state index contributed by atoms with van der Waals surface area (Å²) in [5.41, 5.74) is 8.65. The number of nitrogens with two attached hydrogens (primary N) is 1. The number of carbonyl (C=O) groups excluding carboxylic acids is 1. The Morgan fingerprint density at radius 1 is 1.17 bits per heavy atom. The highest BCUT2D eigenvalue weighted by atomic mass is 79.9. The topological polar surface area (TPSA) is 68.0 Å². The van der Waals surface area contributed by atoms with Crippen LogP contribution in [0.2, 0.25) is 0 Å². The number of carbonyl (C=O) groups is 1. The Morgan fingerprint density at radius 2 is 1.83 bits per heavy atom. The predicted octanol–water partition coefficient (Wildman–Crippen LogP) is 5.02. The Bertz CT molecular complexity index is 857. The number of nitrogen functional groups attached to an aromatic ring is 1. The minimum absolute atomic E-state index is 0.100. The van der Waals surface area contributed by atoms with Crippen LogP contribution in [0, 0.1) is 0 Å². The van der Waals surface area contributed by atoms with E-state index in [1.165, 1.54) is 16.9 Å². The zero-order valence-electron chi connectivity index (χ0n) is 13.0. The van der Waals surface area contributed by atoms with Crippen molar-refractivity contribution >= 4 is 49.7 Å². The first-order valence-electron chi connectivity index (χ1n) is 7.49. The fourth-order valence-electron chi connectivity index (χ4n) is 2.23. The smallest absolute Gasteiger partial charge is 0.206 e. The van der Waals surface area contributed by atoms with E-state index >= 15 is 0 Å². The number of aryl methyl sites for hydroxylation is 1. The van der Waals surface area contributed by atoms with Gasteiger partial charge in [-0.3, -0.25) is 4.79 Å². The lowest BCUT2D eigenvalue weighted by atomic mass is 10.1. The van der Waals surface area contributed by atoms with Crippen molar-refractivity contribution in [2.75, 3.05) is 11.1 Å². The highest BCUT2D eigenvalue weighted by Crippen LogP contribution is 2.30. The molecule has 0 bridgehead atoms. The lowest BCUT2D eigenvalue weighted by molar-refractivity contribution is 0.104. The van der Waals surface area contributed by atoms with Crippen LogP contribution in [0.1, 0.15) is 27.7 Å². The molecule has 0 fully saturated rings. The van der Waals surface area contributed by atoms with Gasteiger partial charge in [-0.2, -0.15) is 0 Å². The number of anilines is 3. The molecule has 24 heavy (non-hydrogen) atoms. The first kappa shape index (κ1) is 16.7. The van der Waals surface area contributed by atoms with Gasteiger partial charge in [-0.1, -0.05) is 58.5 Å². The second-order valence-electron chi connectivity index (χ2n) is 5.24. The molecule has 3 rings (SSSR count). The molecular formula is C18H16BrN3OS. The molecule has 0 radical (unpaired) electrons. The number of benzene rings is 2. The summed E-state index contributed by atoms with van der Waals surface area (Å²) in [6, 6.07) is 15.3. The van der Waals surface area contributed by atoms with Crippen molar-refractivity contribution < 1.29 is 4.79 Å². The first-order chi connectivity index (χ1) is 11.6. The number of aromatic nitrogens is 1. The van der Waals surface area contributed by atoms with E-state index in [1.54, 1.807) is 0 Å². The second-order valence-corrected chi connectivity index (χ2v) is 7.16. The van der Waals surface area contributed by atoms with Crippen LogP contribution in [0.4, 0.5) is 16.6 Å². The Balaban J connectivity index is 1.82. The Hall–Kier alpha value is -2.18. The summed E-state index contributed by atoms with van der Waals surface area (Å²) in [4.78, 5) is 17.4. The molecule has 1 aromatic heterocycles. The normalized spacial score (nSPS) is 10.6. The van der Waals surface area contributed by atoms with Crippen molar-refractivity contribution in [3.63, 3.8) is 0 Å². The summed E-state index contributed by atoms with van der Waals surface area (Å²) in [6.45, 7) is 2.08. The summed E-state index contributed by atoms with van der Waals surface area (Å²) in [5.74, 6) is 0.153. The molecule has 1 heterocycles. The molecule has 6 heteroatoms. The number of nitrogens with one attached hydrogen (secondary N) is 1. The molecule has 0 spiro atoms. The van der Waals surface area contributed by atoms with Gasteiger partial charge in [0.1, 0.15) is 10.7 Å². The van der Waals surface area contributed by atoms with Gasteiger partial charge in [-0.25, -0.2) is 4.98 Å². The van der Waals surface area contributed by atoms with E-state index in [9.17, 15) is 4.79 Å². The Morgan fingerprint density at radius 3 is 2.46 bits per heavy atom. The van der Waals surface area contributed by atoms with E-state index in [-0.39, 0.29) is 11.6 Å². The van der Waals surface area contributed by atoms with Gasteiger partial charge in [0.2, 0.25) is 5.78 Å². The van der Waals surface area contributed by atoms with Gasteiger partial charge in [0.25, 0.3) is 0 Å². The third-order valence-corrected chi connectivity index (χ3v) is 5.09. The minimum atomic E-state index is -0.100. The van der Waals surface area contributed by atoms with Crippen molar-refractivity contribution in [1.29, 1.82) is 0 Å². The van der Waals surface area contributed by atoms with Gasteiger partial charge in [0.05, 0.1) is 0 Å². The average molecular weight is 402 g/mol. The van der Waals surface area contributed by atoms with Gasteiger partial charge in [0, 0.05) is 15.7 Å². The third-order valence-electron chi connectivity index (χ3n) is 3.58. The van der Waals surface area contributed by atoms with Gasteiger partial charge in [0.15, 0.2) is 5.13 Å². The number of thiazole rings is 1. The molecule has 122 valence electrons. The maximum absolute atomic E-state index is 12.6. The van der Waals surface area contributed by atoms with Crippen LogP contribution >= 0.6 is 27.3 Å². The van der Waals surface area contributed by atoms with Crippen LogP contribution in [0.3, 0.4) is 0 Å². The van der Waals surface area contributed by atoms with Crippen LogP contribution in [0.25, 0.3) is 0 Å². The molecule has 4 nitrogen and oxygen atoms in total. The molecule has 0 atom stereocenters.